The number of halogens is 2. The molecule has 1 aliphatic rings. The van der Waals surface area contributed by atoms with Crippen LogP contribution in [0.15, 0.2) is 23.1 Å². The van der Waals surface area contributed by atoms with Crippen molar-refractivity contribution >= 4 is 34.0 Å². The first-order valence-corrected chi connectivity index (χ1v) is 7.77. The van der Waals surface area contributed by atoms with Gasteiger partial charge in [0.05, 0.1) is 5.02 Å². The summed E-state index contributed by atoms with van der Waals surface area (Å²) in [5.74, 6) is 0.459. The van der Waals surface area contributed by atoms with E-state index in [9.17, 15) is 8.42 Å². The van der Waals surface area contributed by atoms with Crippen LogP contribution in [-0.2, 0) is 10.0 Å². The van der Waals surface area contributed by atoms with Crippen molar-refractivity contribution < 1.29 is 8.42 Å². The van der Waals surface area contributed by atoms with Crippen LogP contribution in [-0.4, -0.2) is 21.0 Å². The molecule has 0 spiro atoms. The van der Waals surface area contributed by atoms with Gasteiger partial charge in [-0.3, -0.25) is 0 Å². The molecule has 0 saturated heterocycles. The van der Waals surface area contributed by atoms with Crippen LogP contribution >= 0.6 is 24.0 Å². The summed E-state index contributed by atoms with van der Waals surface area (Å²) in [5, 5.41) is 0.230. The summed E-state index contributed by atoms with van der Waals surface area (Å²) >= 11 is 5.92. The zero-order chi connectivity index (χ0) is 13.3. The van der Waals surface area contributed by atoms with Gasteiger partial charge in [-0.1, -0.05) is 17.7 Å². The Kier molecular flexibility index (Phi) is 5.65. The lowest BCUT2D eigenvalue weighted by Gasteiger charge is -2.13. The third kappa shape index (κ3) is 4.33. The number of rotatable bonds is 5. The average molecular weight is 325 g/mol. The molecule has 3 N–H and O–H groups in total. The first-order valence-electron chi connectivity index (χ1n) is 5.91. The highest BCUT2D eigenvalue weighted by molar-refractivity contribution is 7.89. The quantitative estimate of drug-likeness (QED) is 0.871. The highest BCUT2D eigenvalue weighted by Crippen LogP contribution is 2.31. The number of hydrogen-bond acceptors (Lipinski definition) is 3. The summed E-state index contributed by atoms with van der Waals surface area (Å²) in [6.07, 6.45) is 2.18. The number of aryl methyl sites for hydroxylation is 1. The van der Waals surface area contributed by atoms with Crippen molar-refractivity contribution in [1.82, 2.24) is 4.72 Å². The van der Waals surface area contributed by atoms with Gasteiger partial charge in [0.2, 0.25) is 10.0 Å². The summed E-state index contributed by atoms with van der Waals surface area (Å²) in [6.45, 7) is 2.09. The molecule has 0 radical (unpaired) electrons. The topological polar surface area (TPSA) is 72.2 Å². The fourth-order valence-electron chi connectivity index (χ4n) is 1.79. The molecule has 1 saturated carbocycles. The standard InChI is InChI=1S/C12H17ClN2O2S.ClH/c1-8-2-5-10(13)12(6-8)18(16,17)15-7-11(14)9-3-4-9;/h2,5-6,9,11,15H,3-4,7,14H2,1H3;1H. The van der Waals surface area contributed by atoms with E-state index >= 15 is 0 Å². The van der Waals surface area contributed by atoms with Crippen LogP contribution in [0.1, 0.15) is 18.4 Å². The largest absolute Gasteiger partial charge is 0.326 e. The van der Waals surface area contributed by atoms with Crippen molar-refractivity contribution in [2.24, 2.45) is 11.7 Å². The molecule has 7 heteroatoms. The van der Waals surface area contributed by atoms with Crippen molar-refractivity contribution in [3.8, 4) is 0 Å². The first-order chi connectivity index (χ1) is 8.40. The Morgan fingerprint density at radius 2 is 2.11 bits per heavy atom. The van der Waals surface area contributed by atoms with Gasteiger partial charge in [-0.15, -0.1) is 12.4 Å². The molecular weight excluding hydrogens is 307 g/mol. The van der Waals surface area contributed by atoms with Crippen LogP contribution < -0.4 is 10.5 Å². The molecule has 4 nitrogen and oxygen atoms in total. The summed E-state index contributed by atoms with van der Waals surface area (Å²) in [5.41, 5.74) is 6.73. The normalized spacial score (nSPS) is 16.8. The number of nitrogens with two attached hydrogens (primary N) is 1. The van der Waals surface area contributed by atoms with Gasteiger partial charge in [0.1, 0.15) is 4.90 Å². The Morgan fingerprint density at radius 3 is 2.68 bits per heavy atom. The molecule has 0 amide bonds. The van der Waals surface area contributed by atoms with Crippen molar-refractivity contribution in [3.63, 3.8) is 0 Å². The lowest BCUT2D eigenvalue weighted by Crippen LogP contribution is -2.38. The molecule has 0 bridgehead atoms. The van der Waals surface area contributed by atoms with E-state index in [-0.39, 0.29) is 34.9 Å². The van der Waals surface area contributed by atoms with Gasteiger partial charge >= 0.3 is 0 Å². The minimum absolute atomic E-state index is 0. The molecule has 1 aromatic rings. The fourth-order valence-corrected chi connectivity index (χ4v) is 3.45. The van der Waals surface area contributed by atoms with Gasteiger partial charge in [-0.25, -0.2) is 13.1 Å². The van der Waals surface area contributed by atoms with Gasteiger partial charge in [0.25, 0.3) is 0 Å². The van der Waals surface area contributed by atoms with E-state index in [1.807, 2.05) is 6.92 Å². The van der Waals surface area contributed by atoms with E-state index in [1.165, 1.54) is 0 Å². The highest BCUT2D eigenvalue weighted by atomic mass is 35.5. The van der Waals surface area contributed by atoms with Gasteiger partial charge in [0, 0.05) is 12.6 Å². The SMILES string of the molecule is Cc1ccc(Cl)c(S(=O)(=O)NCC(N)C2CC2)c1.Cl. The molecule has 108 valence electrons. The van der Waals surface area contributed by atoms with Crippen molar-refractivity contribution in [2.45, 2.75) is 30.7 Å². The Labute approximate surface area is 125 Å². The van der Waals surface area contributed by atoms with E-state index in [1.54, 1.807) is 18.2 Å². The first kappa shape index (κ1) is 16.7. The maximum Gasteiger partial charge on any atom is 0.242 e. The Balaban J connectivity index is 0.00000180. The van der Waals surface area contributed by atoms with Crippen molar-refractivity contribution in [2.75, 3.05) is 6.54 Å². The fraction of sp³-hybridized carbons (Fsp3) is 0.500. The highest BCUT2D eigenvalue weighted by Gasteiger charge is 2.29. The molecule has 1 fully saturated rings. The van der Waals surface area contributed by atoms with Crippen LogP contribution in [0.3, 0.4) is 0 Å². The molecular formula is C12H18Cl2N2O2S. The smallest absolute Gasteiger partial charge is 0.242 e. The minimum Gasteiger partial charge on any atom is -0.326 e. The zero-order valence-electron chi connectivity index (χ0n) is 10.6. The van der Waals surface area contributed by atoms with Crippen LogP contribution in [0.5, 0.6) is 0 Å². The third-order valence-corrected chi connectivity index (χ3v) is 5.02. The molecule has 0 aliphatic heterocycles. The van der Waals surface area contributed by atoms with Gasteiger partial charge in [-0.2, -0.15) is 0 Å². The van der Waals surface area contributed by atoms with E-state index in [2.05, 4.69) is 4.72 Å². The second kappa shape index (κ2) is 6.41. The predicted molar refractivity (Wildman–Crippen MR) is 79.3 cm³/mol. The predicted octanol–water partition coefficient (Wildman–Crippen LogP) is 2.09. The zero-order valence-corrected chi connectivity index (χ0v) is 13.0. The lowest BCUT2D eigenvalue weighted by atomic mass is 10.2. The maximum atomic E-state index is 12.1. The van der Waals surface area contributed by atoms with E-state index in [0.717, 1.165) is 18.4 Å². The summed E-state index contributed by atoms with van der Waals surface area (Å²) in [6, 6.07) is 4.82. The van der Waals surface area contributed by atoms with Crippen LogP contribution in [0.2, 0.25) is 5.02 Å². The molecule has 1 atom stereocenters. The van der Waals surface area contributed by atoms with Crippen molar-refractivity contribution in [1.29, 1.82) is 0 Å². The van der Waals surface area contributed by atoms with Gasteiger partial charge in [0.15, 0.2) is 0 Å². The summed E-state index contributed by atoms with van der Waals surface area (Å²) in [7, 11) is -3.58. The number of benzene rings is 1. The summed E-state index contributed by atoms with van der Waals surface area (Å²) in [4.78, 5) is 0.118. The van der Waals surface area contributed by atoms with E-state index in [0.29, 0.717) is 5.92 Å². The molecule has 2 rings (SSSR count). The molecule has 1 unspecified atom stereocenters. The maximum absolute atomic E-state index is 12.1. The number of hydrogen-bond donors (Lipinski definition) is 2. The number of nitrogens with one attached hydrogen (secondary N) is 1. The second-order valence-electron chi connectivity index (χ2n) is 4.79. The Hall–Kier alpha value is -0.330. The molecule has 0 heterocycles. The van der Waals surface area contributed by atoms with Crippen LogP contribution in [0.4, 0.5) is 0 Å². The number of sulfonamides is 1. The Bertz CT molecular complexity index is 545. The average Bonchev–Trinajstić information content (AvgIpc) is 3.13. The Morgan fingerprint density at radius 1 is 1.47 bits per heavy atom. The lowest BCUT2D eigenvalue weighted by molar-refractivity contribution is 0.547. The van der Waals surface area contributed by atoms with E-state index < -0.39 is 10.0 Å². The molecule has 1 aliphatic carbocycles. The van der Waals surface area contributed by atoms with Crippen molar-refractivity contribution in [3.05, 3.63) is 28.8 Å². The van der Waals surface area contributed by atoms with Crippen LogP contribution in [0.25, 0.3) is 0 Å². The third-order valence-electron chi connectivity index (χ3n) is 3.11. The molecule has 0 aromatic heterocycles. The molecule has 19 heavy (non-hydrogen) atoms. The molecule has 1 aromatic carbocycles. The van der Waals surface area contributed by atoms with E-state index in [4.69, 9.17) is 17.3 Å². The second-order valence-corrected chi connectivity index (χ2v) is 6.93. The van der Waals surface area contributed by atoms with Gasteiger partial charge in [-0.05, 0) is 43.4 Å². The monoisotopic (exact) mass is 324 g/mol. The van der Waals surface area contributed by atoms with Gasteiger partial charge < -0.3 is 5.73 Å². The minimum atomic E-state index is -3.58. The van der Waals surface area contributed by atoms with Crippen LogP contribution in [0, 0.1) is 12.8 Å². The summed E-state index contributed by atoms with van der Waals surface area (Å²) < 4.78 is 26.7.